The van der Waals surface area contributed by atoms with Crippen LogP contribution in [0, 0.1) is 6.92 Å². The smallest absolute Gasteiger partial charge is 0.244 e. The minimum Gasteiger partial charge on any atom is -0.492 e. The van der Waals surface area contributed by atoms with Gasteiger partial charge in [-0.1, -0.05) is 73.7 Å². The molecule has 0 unspecified atom stereocenters. The molecule has 2 atom stereocenters. The van der Waals surface area contributed by atoms with Gasteiger partial charge in [0, 0.05) is 19.0 Å². The van der Waals surface area contributed by atoms with E-state index in [9.17, 15) is 18.0 Å². The Morgan fingerprint density at radius 1 is 0.927 bits per heavy atom. The van der Waals surface area contributed by atoms with Crippen LogP contribution in [-0.4, -0.2) is 56.6 Å². The fourth-order valence-electron chi connectivity index (χ4n) is 4.50. The lowest BCUT2D eigenvalue weighted by Gasteiger charge is -2.34. The van der Waals surface area contributed by atoms with Gasteiger partial charge in [-0.25, -0.2) is 8.42 Å². The zero-order valence-electron chi connectivity index (χ0n) is 24.5. The van der Waals surface area contributed by atoms with E-state index >= 15 is 0 Å². The van der Waals surface area contributed by atoms with Crippen molar-refractivity contribution < 1.29 is 22.7 Å². The molecule has 0 heterocycles. The van der Waals surface area contributed by atoms with E-state index in [0.717, 1.165) is 33.7 Å². The van der Waals surface area contributed by atoms with Crippen LogP contribution in [-0.2, 0) is 32.6 Å². The van der Waals surface area contributed by atoms with Crippen molar-refractivity contribution in [3.05, 3.63) is 95.6 Å². The summed E-state index contributed by atoms with van der Waals surface area (Å²) in [5.74, 6) is -0.426. The van der Waals surface area contributed by atoms with E-state index in [0.29, 0.717) is 12.4 Å². The molecule has 0 bridgehead atoms. The number of para-hydroxylation sites is 2. The second-order valence-electron chi connectivity index (χ2n) is 10.1. The lowest BCUT2D eigenvalue weighted by molar-refractivity contribution is -0.140. The van der Waals surface area contributed by atoms with Crippen molar-refractivity contribution in [1.82, 2.24) is 10.2 Å². The number of nitrogens with one attached hydrogen (secondary N) is 1. The summed E-state index contributed by atoms with van der Waals surface area (Å²) in [5, 5.41) is 3.04. The van der Waals surface area contributed by atoms with Crippen molar-refractivity contribution in [2.45, 2.75) is 59.2 Å². The molecule has 0 radical (unpaired) electrons. The Kier molecular flexibility index (Phi) is 11.3. The number of carbonyl (C=O) groups excluding carboxylic acids is 2. The normalized spacial score (nSPS) is 12.7. The Labute approximate surface area is 244 Å². The predicted molar refractivity (Wildman–Crippen MR) is 163 cm³/mol. The van der Waals surface area contributed by atoms with Gasteiger partial charge in [-0.2, -0.15) is 0 Å². The number of amides is 2. The molecule has 0 aliphatic carbocycles. The molecule has 220 valence electrons. The highest BCUT2D eigenvalue weighted by molar-refractivity contribution is 7.92. The van der Waals surface area contributed by atoms with Crippen molar-refractivity contribution in [3.63, 3.8) is 0 Å². The molecule has 0 aliphatic heterocycles. The third-order valence-corrected chi connectivity index (χ3v) is 8.11. The van der Waals surface area contributed by atoms with Crippen LogP contribution in [0.5, 0.6) is 5.75 Å². The molecule has 3 rings (SSSR count). The summed E-state index contributed by atoms with van der Waals surface area (Å²) >= 11 is 0. The largest absolute Gasteiger partial charge is 0.492 e. The van der Waals surface area contributed by atoms with Crippen LogP contribution in [0.2, 0.25) is 0 Å². The molecule has 0 saturated heterocycles. The van der Waals surface area contributed by atoms with Crippen molar-refractivity contribution in [1.29, 1.82) is 0 Å². The van der Waals surface area contributed by atoms with Crippen LogP contribution >= 0.6 is 0 Å². The second-order valence-corrected chi connectivity index (χ2v) is 12.0. The van der Waals surface area contributed by atoms with Crippen LogP contribution in [0.1, 0.15) is 43.9 Å². The quantitative estimate of drug-likeness (QED) is 0.298. The molecule has 0 spiro atoms. The minimum atomic E-state index is -3.89. The van der Waals surface area contributed by atoms with Crippen molar-refractivity contribution in [2.75, 3.05) is 23.7 Å². The molecule has 1 N–H and O–H groups in total. The third kappa shape index (κ3) is 8.82. The highest BCUT2D eigenvalue weighted by atomic mass is 32.2. The Bertz CT molecular complexity index is 1410. The average molecular weight is 580 g/mol. The van der Waals surface area contributed by atoms with Gasteiger partial charge in [-0.3, -0.25) is 13.9 Å². The van der Waals surface area contributed by atoms with Gasteiger partial charge in [0.1, 0.15) is 18.3 Å². The number of carbonyl (C=O) groups is 2. The first-order valence-electron chi connectivity index (χ1n) is 13.9. The zero-order chi connectivity index (χ0) is 30.0. The van der Waals surface area contributed by atoms with Crippen LogP contribution in [0.4, 0.5) is 5.69 Å². The maximum atomic E-state index is 14.2. The van der Waals surface area contributed by atoms with Crippen LogP contribution in [0.15, 0.2) is 78.9 Å². The number of rotatable bonds is 14. The van der Waals surface area contributed by atoms with Gasteiger partial charge in [0.2, 0.25) is 21.8 Å². The number of anilines is 1. The van der Waals surface area contributed by atoms with Crippen molar-refractivity contribution in [2.24, 2.45) is 0 Å². The molecule has 3 aromatic rings. The SMILES string of the molecule is CCOc1ccccc1N(CC(=O)N(Cc1ccccc1C)[C@@H](Cc1ccccc1)C(=O)N[C@H](C)CC)S(C)(=O)=O. The first-order valence-corrected chi connectivity index (χ1v) is 15.8. The van der Waals surface area contributed by atoms with E-state index in [4.69, 9.17) is 4.74 Å². The van der Waals surface area contributed by atoms with E-state index in [1.165, 1.54) is 4.90 Å². The maximum absolute atomic E-state index is 14.2. The Hall–Kier alpha value is -3.85. The number of ether oxygens (including phenoxy) is 1. The number of sulfonamides is 1. The van der Waals surface area contributed by atoms with Gasteiger partial charge in [0.25, 0.3) is 0 Å². The van der Waals surface area contributed by atoms with E-state index < -0.39 is 28.5 Å². The van der Waals surface area contributed by atoms with Gasteiger partial charge in [-0.05, 0) is 56.0 Å². The van der Waals surface area contributed by atoms with Gasteiger partial charge in [0.15, 0.2) is 0 Å². The fraction of sp³-hybridized carbons (Fsp3) is 0.375. The fourth-order valence-corrected chi connectivity index (χ4v) is 5.35. The minimum absolute atomic E-state index is 0.0956. The highest BCUT2D eigenvalue weighted by Crippen LogP contribution is 2.30. The van der Waals surface area contributed by atoms with Crippen molar-refractivity contribution >= 4 is 27.5 Å². The summed E-state index contributed by atoms with van der Waals surface area (Å²) in [7, 11) is -3.89. The monoisotopic (exact) mass is 579 g/mol. The summed E-state index contributed by atoms with van der Waals surface area (Å²) in [6, 6.07) is 22.9. The van der Waals surface area contributed by atoms with E-state index in [1.54, 1.807) is 31.2 Å². The third-order valence-electron chi connectivity index (χ3n) is 6.99. The maximum Gasteiger partial charge on any atom is 0.244 e. The van der Waals surface area contributed by atoms with Gasteiger partial charge >= 0.3 is 0 Å². The molecule has 41 heavy (non-hydrogen) atoms. The molecular weight excluding hydrogens is 538 g/mol. The molecule has 9 heteroatoms. The summed E-state index contributed by atoms with van der Waals surface area (Å²) in [5.41, 5.74) is 2.99. The summed E-state index contributed by atoms with van der Waals surface area (Å²) < 4.78 is 32.9. The molecule has 0 aromatic heterocycles. The zero-order valence-corrected chi connectivity index (χ0v) is 25.4. The van der Waals surface area contributed by atoms with E-state index in [-0.39, 0.29) is 30.6 Å². The molecule has 2 amide bonds. The van der Waals surface area contributed by atoms with Crippen molar-refractivity contribution in [3.8, 4) is 5.75 Å². The standard InChI is InChI=1S/C32H41N3O5S/c1-6-25(4)33-32(37)29(21-26-16-9-8-10-17-26)34(22-27-18-12-11-15-24(27)3)31(36)23-35(41(5,38)39)28-19-13-14-20-30(28)40-7-2/h8-20,25,29H,6-7,21-23H2,1-5H3,(H,33,37)/t25-,29+/m1/s1. The lowest BCUT2D eigenvalue weighted by atomic mass is 10.0. The molecule has 0 saturated carbocycles. The average Bonchev–Trinajstić information content (AvgIpc) is 2.95. The Balaban J connectivity index is 2.09. The first-order chi connectivity index (χ1) is 19.5. The Morgan fingerprint density at radius 2 is 1.56 bits per heavy atom. The van der Waals surface area contributed by atoms with Gasteiger partial charge in [-0.15, -0.1) is 0 Å². The van der Waals surface area contributed by atoms with Gasteiger partial charge in [0.05, 0.1) is 18.6 Å². The number of benzene rings is 3. The first kappa shape index (κ1) is 31.7. The number of aryl methyl sites for hydroxylation is 1. The lowest BCUT2D eigenvalue weighted by Crippen LogP contribution is -2.54. The van der Waals surface area contributed by atoms with Crippen LogP contribution < -0.4 is 14.4 Å². The number of hydrogen-bond donors (Lipinski definition) is 1. The molecule has 8 nitrogen and oxygen atoms in total. The van der Waals surface area contributed by atoms with Crippen LogP contribution in [0.3, 0.4) is 0 Å². The molecule has 0 aliphatic rings. The Morgan fingerprint density at radius 3 is 2.20 bits per heavy atom. The molecule has 3 aromatic carbocycles. The van der Waals surface area contributed by atoms with E-state index in [1.807, 2.05) is 75.4 Å². The topological polar surface area (TPSA) is 96.0 Å². The predicted octanol–water partition coefficient (Wildman–Crippen LogP) is 4.71. The number of hydrogen-bond acceptors (Lipinski definition) is 5. The van der Waals surface area contributed by atoms with Gasteiger partial charge < -0.3 is 15.0 Å². The molecular formula is C32H41N3O5S. The molecule has 0 fully saturated rings. The summed E-state index contributed by atoms with van der Waals surface area (Å²) in [4.78, 5) is 29.5. The highest BCUT2D eigenvalue weighted by Gasteiger charge is 2.34. The van der Waals surface area contributed by atoms with E-state index in [2.05, 4.69) is 5.32 Å². The summed E-state index contributed by atoms with van der Waals surface area (Å²) in [6.45, 7) is 7.63. The summed E-state index contributed by atoms with van der Waals surface area (Å²) in [6.07, 6.45) is 2.06. The number of nitrogens with zero attached hydrogens (tertiary/aromatic N) is 2. The van der Waals surface area contributed by atoms with Crippen LogP contribution in [0.25, 0.3) is 0 Å². The second kappa shape index (κ2) is 14.7.